The molecule has 1 aromatic carbocycles. The Balaban J connectivity index is 2.23. The van der Waals surface area contributed by atoms with E-state index in [9.17, 15) is 4.39 Å². The molecule has 0 amide bonds. The molecule has 2 aromatic rings. The number of fused-ring (bicyclic) bond motifs is 3. The molecular formula is C14H17FN2. The third-order valence-electron chi connectivity index (χ3n) is 4.01. The van der Waals surface area contributed by atoms with Crippen molar-refractivity contribution >= 4 is 10.9 Å². The molecule has 1 aliphatic carbocycles. The van der Waals surface area contributed by atoms with Crippen LogP contribution in [0.2, 0.25) is 0 Å². The van der Waals surface area contributed by atoms with Gasteiger partial charge in [0.25, 0.3) is 0 Å². The van der Waals surface area contributed by atoms with Gasteiger partial charge < -0.3 is 10.3 Å². The lowest BCUT2D eigenvalue weighted by Gasteiger charge is -2.21. The lowest BCUT2D eigenvalue weighted by molar-refractivity contribution is 0.462. The van der Waals surface area contributed by atoms with Crippen molar-refractivity contribution in [3.05, 3.63) is 35.3 Å². The van der Waals surface area contributed by atoms with Crippen molar-refractivity contribution in [3.63, 3.8) is 0 Å². The SMILES string of the molecule is Cn1c2c(c3cc(F)ccc31)CC(CN)CC2. The molecule has 3 rings (SSSR count). The van der Waals surface area contributed by atoms with Crippen LogP contribution in [0.4, 0.5) is 4.39 Å². The maximum absolute atomic E-state index is 13.4. The van der Waals surface area contributed by atoms with E-state index in [2.05, 4.69) is 11.6 Å². The first-order valence-electron chi connectivity index (χ1n) is 6.16. The van der Waals surface area contributed by atoms with Gasteiger partial charge in [-0.05, 0) is 55.5 Å². The molecule has 0 spiro atoms. The third-order valence-corrected chi connectivity index (χ3v) is 4.01. The van der Waals surface area contributed by atoms with Crippen molar-refractivity contribution in [1.29, 1.82) is 0 Å². The highest BCUT2D eigenvalue weighted by molar-refractivity contribution is 5.85. The minimum atomic E-state index is -0.152. The number of aryl methyl sites for hydroxylation is 1. The molecule has 0 bridgehead atoms. The van der Waals surface area contributed by atoms with E-state index in [0.29, 0.717) is 5.92 Å². The van der Waals surface area contributed by atoms with Crippen LogP contribution in [0.25, 0.3) is 10.9 Å². The quantitative estimate of drug-likeness (QED) is 0.804. The van der Waals surface area contributed by atoms with Crippen LogP contribution < -0.4 is 5.73 Å². The summed E-state index contributed by atoms with van der Waals surface area (Å²) in [5.74, 6) is 0.400. The van der Waals surface area contributed by atoms with Crippen LogP contribution in [-0.2, 0) is 19.9 Å². The van der Waals surface area contributed by atoms with E-state index in [4.69, 9.17) is 5.73 Å². The lowest BCUT2D eigenvalue weighted by Crippen LogP contribution is -2.22. The van der Waals surface area contributed by atoms with Gasteiger partial charge in [-0.3, -0.25) is 0 Å². The summed E-state index contributed by atoms with van der Waals surface area (Å²) >= 11 is 0. The summed E-state index contributed by atoms with van der Waals surface area (Å²) in [6.07, 6.45) is 3.20. The first-order valence-corrected chi connectivity index (χ1v) is 6.16. The Labute approximate surface area is 100 Å². The van der Waals surface area contributed by atoms with Gasteiger partial charge in [0.05, 0.1) is 0 Å². The Bertz CT molecular complexity index is 571. The number of nitrogens with zero attached hydrogens (tertiary/aromatic N) is 1. The molecule has 0 radical (unpaired) electrons. The van der Waals surface area contributed by atoms with E-state index in [0.717, 1.165) is 36.7 Å². The highest BCUT2D eigenvalue weighted by Crippen LogP contribution is 2.33. The predicted octanol–water partition coefficient (Wildman–Crippen LogP) is 2.38. The summed E-state index contributed by atoms with van der Waals surface area (Å²) < 4.78 is 15.6. The summed E-state index contributed by atoms with van der Waals surface area (Å²) in [5, 5.41) is 1.07. The molecule has 1 unspecified atom stereocenters. The Morgan fingerprint density at radius 1 is 1.47 bits per heavy atom. The van der Waals surface area contributed by atoms with Crippen molar-refractivity contribution in [1.82, 2.24) is 4.57 Å². The molecule has 0 fully saturated rings. The predicted molar refractivity (Wildman–Crippen MR) is 67.4 cm³/mol. The van der Waals surface area contributed by atoms with Gasteiger partial charge in [-0.2, -0.15) is 0 Å². The molecule has 2 nitrogen and oxygen atoms in total. The number of benzene rings is 1. The van der Waals surface area contributed by atoms with Gasteiger partial charge in [0.2, 0.25) is 0 Å². The average Bonchev–Trinajstić information content (AvgIpc) is 2.62. The summed E-state index contributed by atoms with van der Waals surface area (Å²) in [6.45, 7) is 0.727. The topological polar surface area (TPSA) is 30.9 Å². The van der Waals surface area contributed by atoms with Crippen LogP contribution >= 0.6 is 0 Å². The van der Waals surface area contributed by atoms with Gasteiger partial charge in [0, 0.05) is 23.6 Å². The second-order valence-corrected chi connectivity index (χ2v) is 4.99. The van der Waals surface area contributed by atoms with Gasteiger partial charge in [-0.25, -0.2) is 4.39 Å². The molecule has 0 saturated carbocycles. The average molecular weight is 232 g/mol. The maximum atomic E-state index is 13.4. The standard InChI is InChI=1S/C14H17FN2/c1-17-13-4-2-9(8-16)6-11(13)12-7-10(15)3-5-14(12)17/h3,5,7,9H,2,4,6,8,16H2,1H3. The molecule has 1 aromatic heterocycles. The number of rotatable bonds is 1. The molecular weight excluding hydrogens is 215 g/mol. The zero-order valence-electron chi connectivity index (χ0n) is 10.0. The minimum absolute atomic E-state index is 0.152. The molecule has 17 heavy (non-hydrogen) atoms. The Morgan fingerprint density at radius 3 is 3.06 bits per heavy atom. The zero-order valence-corrected chi connectivity index (χ0v) is 10.0. The Kier molecular flexibility index (Phi) is 2.44. The van der Waals surface area contributed by atoms with E-state index >= 15 is 0 Å². The molecule has 0 aliphatic heterocycles. The second-order valence-electron chi connectivity index (χ2n) is 4.99. The van der Waals surface area contributed by atoms with Crippen molar-refractivity contribution in [3.8, 4) is 0 Å². The molecule has 90 valence electrons. The molecule has 1 heterocycles. The van der Waals surface area contributed by atoms with Gasteiger partial charge in [-0.15, -0.1) is 0 Å². The largest absolute Gasteiger partial charge is 0.347 e. The fraction of sp³-hybridized carbons (Fsp3) is 0.429. The van der Waals surface area contributed by atoms with E-state index in [1.54, 1.807) is 6.07 Å². The van der Waals surface area contributed by atoms with Crippen LogP contribution in [0, 0.1) is 11.7 Å². The third kappa shape index (κ3) is 1.57. The van der Waals surface area contributed by atoms with Gasteiger partial charge in [0.1, 0.15) is 5.82 Å². The summed E-state index contributed by atoms with van der Waals surface area (Å²) in [6, 6.07) is 5.07. The maximum Gasteiger partial charge on any atom is 0.123 e. The summed E-state index contributed by atoms with van der Waals surface area (Å²) in [7, 11) is 2.07. The van der Waals surface area contributed by atoms with E-state index in [1.165, 1.54) is 17.3 Å². The van der Waals surface area contributed by atoms with Crippen molar-refractivity contribution in [2.45, 2.75) is 19.3 Å². The van der Waals surface area contributed by atoms with Gasteiger partial charge in [0.15, 0.2) is 0 Å². The zero-order chi connectivity index (χ0) is 12.0. The Hall–Kier alpha value is -1.35. The van der Waals surface area contributed by atoms with Crippen LogP contribution in [0.15, 0.2) is 18.2 Å². The number of hydrogen-bond donors (Lipinski definition) is 1. The van der Waals surface area contributed by atoms with Crippen LogP contribution in [0.3, 0.4) is 0 Å². The molecule has 3 heteroatoms. The molecule has 1 atom stereocenters. The fourth-order valence-corrected chi connectivity index (χ4v) is 3.02. The van der Waals surface area contributed by atoms with Gasteiger partial charge >= 0.3 is 0 Å². The van der Waals surface area contributed by atoms with E-state index < -0.39 is 0 Å². The molecule has 0 saturated heterocycles. The Morgan fingerprint density at radius 2 is 2.29 bits per heavy atom. The highest BCUT2D eigenvalue weighted by Gasteiger charge is 2.23. The minimum Gasteiger partial charge on any atom is -0.347 e. The van der Waals surface area contributed by atoms with Crippen LogP contribution in [0.5, 0.6) is 0 Å². The first kappa shape index (κ1) is 10.8. The van der Waals surface area contributed by atoms with Crippen LogP contribution in [0.1, 0.15) is 17.7 Å². The van der Waals surface area contributed by atoms with Gasteiger partial charge in [-0.1, -0.05) is 0 Å². The van der Waals surface area contributed by atoms with Crippen molar-refractivity contribution in [2.24, 2.45) is 18.7 Å². The fourth-order valence-electron chi connectivity index (χ4n) is 3.02. The second kappa shape index (κ2) is 3.84. The number of halogens is 1. The van der Waals surface area contributed by atoms with E-state index in [-0.39, 0.29) is 5.82 Å². The number of hydrogen-bond acceptors (Lipinski definition) is 1. The van der Waals surface area contributed by atoms with Crippen LogP contribution in [-0.4, -0.2) is 11.1 Å². The molecule has 1 aliphatic rings. The van der Waals surface area contributed by atoms with E-state index in [1.807, 2.05) is 6.07 Å². The summed E-state index contributed by atoms with van der Waals surface area (Å²) in [5.41, 5.74) is 9.56. The first-order chi connectivity index (χ1) is 8.20. The smallest absolute Gasteiger partial charge is 0.123 e. The normalized spacial score (nSPS) is 19.6. The number of aromatic nitrogens is 1. The lowest BCUT2D eigenvalue weighted by atomic mass is 9.86. The monoisotopic (exact) mass is 232 g/mol. The summed E-state index contributed by atoms with van der Waals surface area (Å²) in [4.78, 5) is 0. The van der Waals surface area contributed by atoms with Crippen molar-refractivity contribution in [2.75, 3.05) is 6.54 Å². The highest BCUT2D eigenvalue weighted by atomic mass is 19.1. The number of nitrogens with two attached hydrogens (primary N) is 1. The van der Waals surface area contributed by atoms with Crippen molar-refractivity contribution < 1.29 is 4.39 Å². The molecule has 2 N–H and O–H groups in total.